The molecule has 1 fully saturated rings. The van der Waals surface area contributed by atoms with E-state index in [1.165, 1.54) is 18.9 Å². The Kier molecular flexibility index (Phi) is 6.83. The fourth-order valence-electron chi connectivity index (χ4n) is 3.20. The lowest BCUT2D eigenvalue weighted by Gasteiger charge is -2.20. The van der Waals surface area contributed by atoms with Gasteiger partial charge in [-0.15, -0.1) is 11.8 Å². The van der Waals surface area contributed by atoms with Crippen LogP contribution < -0.4 is 25.4 Å². The number of rotatable bonds is 8. The number of benzene rings is 2. The Bertz CT molecular complexity index is 965. The van der Waals surface area contributed by atoms with Crippen LogP contribution in [0.4, 0.5) is 11.4 Å². The fourth-order valence-corrected chi connectivity index (χ4v) is 3.95. The van der Waals surface area contributed by atoms with Crippen molar-refractivity contribution in [3.8, 4) is 11.5 Å². The number of amides is 3. The predicted octanol–water partition coefficient (Wildman–Crippen LogP) is 2.27. The van der Waals surface area contributed by atoms with Gasteiger partial charge in [0.2, 0.25) is 17.7 Å². The zero-order valence-corrected chi connectivity index (χ0v) is 17.5. The Balaban J connectivity index is 1.75. The van der Waals surface area contributed by atoms with E-state index < -0.39 is 11.8 Å². The molecule has 0 saturated carbocycles. The Morgan fingerprint density at radius 2 is 1.97 bits per heavy atom. The van der Waals surface area contributed by atoms with E-state index in [1.54, 1.807) is 48.4 Å². The second-order valence-corrected chi connectivity index (χ2v) is 7.70. The van der Waals surface area contributed by atoms with E-state index in [4.69, 9.17) is 15.2 Å². The molecule has 9 heteroatoms. The van der Waals surface area contributed by atoms with Crippen LogP contribution in [0.3, 0.4) is 0 Å². The lowest BCUT2D eigenvalue weighted by molar-refractivity contribution is -0.122. The van der Waals surface area contributed by atoms with Crippen LogP contribution in [0.2, 0.25) is 0 Å². The van der Waals surface area contributed by atoms with Crippen molar-refractivity contribution in [1.82, 2.24) is 0 Å². The highest BCUT2D eigenvalue weighted by molar-refractivity contribution is 8.00. The number of nitrogens with zero attached hydrogens (tertiary/aromatic N) is 1. The van der Waals surface area contributed by atoms with Gasteiger partial charge in [0.15, 0.2) is 0 Å². The quantitative estimate of drug-likeness (QED) is 0.623. The minimum atomic E-state index is -0.525. The number of hydrogen-bond acceptors (Lipinski definition) is 6. The van der Waals surface area contributed by atoms with Gasteiger partial charge in [-0.05, 0) is 24.3 Å². The number of ether oxygens (including phenoxy) is 2. The molecule has 3 amide bonds. The standard InChI is InChI=1S/C21H23N3O5S/c1-28-14-7-8-17(29-2)16(10-14)24-11-13(9-20(24)26)21(27)23-15-5-3-4-6-18(15)30-12-19(22)25/h3-8,10,13H,9,11-12H2,1-2H3,(H2,22,25)(H,23,27). The second-order valence-electron chi connectivity index (χ2n) is 6.68. The normalized spacial score (nSPS) is 15.7. The first-order chi connectivity index (χ1) is 14.4. The molecule has 1 aliphatic rings. The monoisotopic (exact) mass is 429 g/mol. The highest BCUT2D eigenvalue weighted by atomic mass is 32.2. The van der Waals surface area contributed by atoms with Crippen LogP contribution in [0.25, 0.3) is 0 Å². The zero-order chi connectivity index (χ0) is 21.7. The van der Waals surface area contributed by atoms with Gasteiger partial charge in [0.05, 0.1) is 37.3 Å². The summed E-state index contributed by atoms with van der Waals surface area (Å²) in [5.41, 5.74) is 6.36. The third kappa shape index (κ3) is 4.85. The van der Waals surface area contributed by atoms with Crippen LogP contribution in [-0.4, -0.2) is 44.2 Å². The predicted molar refractivity (Wildman–Crippen MR) is 115 cm³/mol. The number of carbonyl (C=O) groups is 3. The number of nitrogens with one attached hydrogen (secondary N) is 1. The van der Waals surface area contributed by atoms with Crippen molar-refractivity contribution in [2.45, 2.75) is 11.3 Å². The summed E-state index contributed by atoms with van der Waals surface area (Å²) in [6.45, 7) is 0.227. The molecule has 3 rings (SSSR count). The van der Waals surface area contributed by atoms with Crippen molar-refractivity contribution in [2.75, 3.05) is 36.7 Å². The number of methoxy groups -OCH3 is 2. The molecule has 1 atom stereocenters. The summed E-state index contributed by atoms with van der Waals surface area (Å²) < 4.78 is 10.6. The average Bonchev–Trinajstić information content (AvgIpc) is 3.14. The van der Waals surface area contributed by atoms with Crippen molar-refractivity contribution >= 4 is 40.9 Å². The van der Waals surface area contributed by atoms with Gasteiger partial charge in [-0.2, -0.15) is 0 Å². The molecule has 8 nitrogen and oxygen atoms in total. The summed E-state index contributed by atoms with van der Waals surface area (Å²) in [6, 6.07) is 12.3. The Morgan fingerprint density at radius 3 is 2.67 bits per heavy atom. The maximum Gasteiger partial charge on any atom is 0.229 e. The molecular formula is C21H23N3O5S. The van der Waals surface area contributed by atoms with Crippen LogP contribution in [-0.2, 0) is 14.4 Å². The number of hydrogen-bond donors (Lipinski definition) is 2. The highest BCUT2D eigenvalue weighted by Gasteiger charge is 2.36. The number of para-hydroxylation sites is 1. The van der Waals surface area contributed by atoms with E-state index >= 15 is 0 Å². The first kappa shape index (κ1) is 21.5. The van der Waals surface area contributed by atoms with Crippen LogP contribution in [0.15, 0.2) is 47.4 Å². The van der Waals surface area contributed by atoms with Gasteiger partial charge in [-0.1, -0.05) is 12.1 Å². The summed E-state index contributed by atoms with van der Waals surface area (Å²) in [7, 11) is 3.07. The number of primary amides is 1. The largest absolute Gasteiger partial charge is 0.497 e. The Labute approximate surface area is 178 Å². The lowest BCUT2D eigenvalue weighted by atomic mass is 10.1. The minimum absolute atomic E-state index is 0.0861. The Morgan fingerprint density at radius 1 is 1.20 bits per heavy atom. The molecule has 2 aromatic carbocycles. The maximum absolute atomic E-state index is 12.9. The van der Waals surface area contributed by atoms with Crippen molar-refractivity contribution in [1.29, 1.82) is 0 Å². The lowest BCUT2D eigenvalue weighted by Crippen LogP contribution is -2.28. The van der Waals surface area contributed by atoms with E-state index in [9.17, 15) is 14.4 Å². The van der Waals surface area contributed by atoms with Crippen molar-refractivity contribution in [3.63, 3.8) is 0 Å². The SMILES string of the molecule is COc1ccc(OC)c(N2CC(C(=O)Nc3ccccc3SCC(N)=O)CC2=O)c1. The average molecular weight is 429 g/mol. The third-order valence-electron chi connectivity index (χ3n) is 4.69. The van der Waals surface area contributed by atoms with Crippen molar-refractivity contribution in [2.24, 2.45) is 11.7 Å². The molecule has 1 heterocycles. The smallest absolute Gasteiger partial charge is 0.229 e. The first-order valence-electron chi connectivity index (χ1n) is 9.26. The molecule has 0 spiro atoms. The molecular weight excluding hydrogens is 406 g/mol. The van der Waals surface area contributed by atoms with Crippen LogP contribution in [0, 0.1) is 5.92 Å². The highest BCUT2D eigenvalue weighted by Crippen LogP contribution is 2.36. The van der Waals surface area contributed by atoms with Gasteiger partial charge in [0, 0.05) is 23.9 Å². The fraction of sp³-hybridized carbons (Fsp3) is 0.286. The second kappa shape index (κ2) is 9.53. The summed E-state index contributed by atoms with van der Waals surface area (Å²) >= 11 is 1.25. The van der Waals surface area contributed by atoms with Gasteiger partial charge >= 0.3 is 0 Å². The number of thioether (sulfide) groups is 1. The van der Waals surface area contributed by atoms with Gasteiger partial charge in [0.25, 0.3) is 0 Å². The van der Waals surface area contributed by atoms with Crippen LogP contribution in [0.1, 0.15) is 6.42 Å². The molecule has 0 radical (unpaired) electrons. The Hall–Kier alpha value is -3.20. The van der Waals surface area contributed by atoms with Gasteiger partial charge in [-0.25, -0.2) is 0 Å². The van der Waals surface area contributed by atoms with E-state index in [2.05, 4.69) is 5.32 Å². The molecule has 1 aliphatic heterocycles. The summed E-state index contributed by atoms with van der Waals surface area (Å²) in [4.78, 5) is 38.9. The topological polar surface area (TPSA) is 111 Å². The number of nitrogens with two attached hydrogens (primary N) is 1. The van der Waals surface area contributed by atoms with Crippen LogP contribution in [0.5, 0.6) is 11.5 Å². The van der Waals surface area contributed by atoms with Gasteiger partial charge in [-0.3, -0.25) is 14.4 Å². The molecule has 0 aromatic heterocycles. The number of anilines is 2. The third-order valence-corrected chi connectivity index (χ3v) is 5.78. The molecule has 1 saturated heterocycles. The number of carbonyl (C=O) groups excluding carboxylic acids is 3. The van der Waals surface area contributed by atoms with Crippen molar-refractivity contribution in [3.05, 3.63) is 42.5 Å². The van der Waals surface area contributed by atoms with Gasteiger partial charge in [0.1, 0.15) is 11.5 Å². The van der Waals surface area contributed by atoms with Crippen LogP contribution >= 0.6 is 11.8 Å². The zero-order valence-electron chi connectivity index (χ0n) is 16.7. The molecule has 1 unspecified atom stereocenters. The molecule has 0 bridgehead atoms. The van der Waals surface area contributed by atoms with E-state index in [-0.39, 0.29) is 30.5 Å². The molecule has 0 aliphatic carbocycles. The van der Waals surface area contributed by atoms with E-state index in [0.29, 0.717) is 22.9 Å². The van der Waals surface area contributed by atoms with E-state index in [1.807, 2.05) is 6.07 Å². The summed E-state index contributed by atoms with van der Waals surface area (Å²) in [6.07, 6.45) is 0.0861. The molecule has 30 heavy (non-hydrogen) atoms. The van der Waals surface area contributed by atoms with E-state index in [0.717, 1.165) is 4.90 Å². The molecule has 2 aromatic rings. The molecule has 3 N–H and O–H groups in total. The van der Waals surface area contributed by atoms with Gasteiger partial charge < -0.3 is 25.4 Å². The summed E-state index contributed by atoms with van der Waals surface area (Å²) in [5, 5.41) is 2.87. The van der Waals surface area contributed by atoms with Crippen molar-refractivity contribution < 1.29 is 23.9 Å². The summed E-state index contributed by atoms with van der Waals surface area (Å²) in [5.74, 6) is -0.172. The maximum atomic E-state index is 12.9. The molecule has 158 valence electrons. The first-order valence-corrected chi connectivity index (χ1v) is 10.2. The minimum Gasteiger partial charge on any atom is -0.497 e.